The third-order valence-electron chi connectivity index (χ3n) is 2.55. The lowest BCUT2D eigenvalue weighted by molar-refractivity contribution is 0.0520. The van der Waals surface area contributed by atoms with E-state index in [4.69, 9.17) is 9.47 Å². The molecule has 5 heteroatoms. The Labute approximate surface area is 120 Å². The van der Waals surface area contributed by atoms with Crippen LogP contribution in [-0.4, -0.2) is 23.7 Å². The van der Waals surface area contributed by atoms with Crippen LogP contribution in [0.15, 0.2) is 22.7 Å². The number of benzene rings is 1. The zero-order chi connectivity index (χ0) is 14.0. The molecule has 19 heavy (non-hydrogen) atoms. The van der Waals surface area contributed by atoms with Crippen molar-refractivity contribution in [3.05, 3.63) is 28.4 Å². The number of fused-ring (bicyclic) bond motifs is 1. The number of hydrogen-bond acceptors (Lipinski definition) is 3. The molecule has 0 aliphatic rings. The van der Waals surface area contributed by atoms with Gasteiger partial charge in [0.15, 0.2) is 0 Å². The highest BCUT2D eigenvalue weighted by Crippen LogP contribution is 2.35. The number of H-pyrrole nitrogens is 1. The molecule has 0 saturated heterocycles. The minimum Gasteiger partial charge on any atom is -0.489 e. The van der Waals surface area contributed by atoms with E-state index < -0.39 is 0 Å². The quantitative estimate of drug-likeness (QED) is 0.867. The molecule has 2 aromatic rings. The molecule has 0 aliphatic carbocycles. The first-order chi connectivity index (χ1) is 9.02. The molecule has 1 heterocycles. The van der Waals surface area contributed by atoms with Crippen molar-refractivity contribution < 1.29 is 14.3 Å². The normalized spacial score (nSPS) is 11.0. The summed E-state index contributed by atoms with van der Waals surface area (Å²) < 4.78 is 11.6. The first-order valence-electron chi connectivity index (χ1n) is 6.18. The van der Waals surface area contributed by atoms with Crippen LogP contribution in [0.1, 0.15) is 31.3 Å². The Bertz CT molecular complexity index is 604. The molecule has 0 saturated carbocycles. The van der Waals surface area contributed by atoms with E-state index in [1.54, 1.807) is 13.0 Å². The molecule has 0 aliphatic heterocycles. The van der Waals surface area contributed by atoms with E-state index in [2.05, 4.69) is 20.9 Å². The van der Waals surface area contributed by atoms with Gasteiger partial charge in [-0.3, -0.25) is 0 Å². The third kappa shape index (κ3) is 2.92. The van der Waals surface area contributed by atoms with E-state index in [0.29, 0.717) is 12.3 Å². The smallest absolute Gasteiger partial charge is 0.354 e. The monoisotopic (exact) mass is 325 g/mol. The number of carbonyl (C=O) groups excluding carboxylic acids is 1. The molecule has 0 bridgehead atoms. The van der Waals surface area contributed by atoms with Gasteiger partial charge in [0.2, 0.25) is 0 Å². The number of nitrogens with one attached hydrogen (secondary N) is 1. The van der Waals surface area contributed by atoms with Crippen LogP contribution in [0.5, 0.6) is 5.75 Å². The summed E-state index contributed by atoms with van der Waals surface area (Å²) in [4.78, 5) is 14.8. The third-order valence-corrected chi connectivity index (χ3v) is 3.18. The second-order valence-electron chi connectivity index (χ2n) is 4.41. The van der Waals surface area contributed by atoms with Crippen molar-refractivity contribution in [3.8, 4) is 5.75 Å². The Hall–Kier alpha value is -1.49. The van der Waals surface area contributed by atoms with E-state index in [9.17, 15) is 4.79 Å². The second-order valence-corrected chi connectivity index (χ2v) is 5.26. The van der Waals surface area contributed by atoms with Gasteiger partial charge in [-0.15, -0.1) is 0 Å². The average Bonchev–Trinajstić information content (AvgIpc) is 2.77. The molecule has 1 N–H and O–H groups in total. The highest BCUT2D eigenvalue weighted by molar-refractivity contribution is 9.10. The number of carbonyl (C=O) groups is 1. The Morgan fingerprint density at radius 1 is 1.42 bits per heavy atom. The topological polar surface area (TPSA) is 51.3 Å². The molecule has 102 valence electrons. The molecule has 1 aromatic heterocycles. The van der Waals surface area contributed by atoms with Crippen LogP contribution < -0.4 is 4.74 Å². The van der Waals surface area contributed by atoms with Crippen LogP contribution in [0.4, 0.5) is 0 Å². The predicted molar refractivity (Wildman–Crippen MR) is 77.7 cm³/mol. The van der Waals surface area contributed by atoms with Crippen molar-refractivity contribution in [1.29, 1.82) is 0 Å². The van der Waals surface area contributed by atoms with Gasteiger partial charge < -0.3 is 14.5 Å². The van der Waals surface area contributed by atoms with Gasteiger partial charge in [-0.2, -0.15) is 0 Å². The summed E-state index contributed by atoms with van der Waals surface area (Å²) in [7, 11) is 0. The van der Waals surface area contributed by atoms with Gasteiger partial charge in [0.05, 0.1) is 17.2 Å². The summed E-state index contributed by atoms with van der Waals surface area (Å²) >= 11 is 3.47. The maximum Gasteiger partial charge on any atom is 0.354 e. The van der Waals surface area contributed by atoms with Crippen LogP contribution in [0.3, 0.4) is 0 Å². The fourth-order valence-electron chi connectivity index (χ4n) is 1.83. The minimum atomic E-state index is -0.356. The van der Waals surface area contributed by atoms with Crippen LogP contribution in [-0.2, 0) is 4.74 Å². The molecule has 4 nitrogen and oxygen atoms in total. The van der Waals surface area contributed by atoms with E-state index in [-0.39, 0.29) is 12.1 Å². The molecular weight excluding hydrogens is 310 g/mol. The summed E-state index contributed by atoms with van der Waals surface area (Å²) in [5, 5.41) is 0.867. The zero-order valence-electron chi connectivity index (χ0n) is 11.1. The molecule has 0 spiro atoms. The molecule has 0 radical (unpaired) electrons. The number of esters is 1. The molecule has 0 fully saturated rings. The highest BCUT2D eigenvalue weighted by atomic mass is 79.9. The van der Waals surface area contributed by atoms with Crippen LogP contribution >= 0.6 is 15.9 Å². The van der Waals surface area contributed by atoms with E-state index in [1.165, 1.54) is 0 Å². The number of aromatic nitrogens is 1. The highest BCUT2D eigenvalue weighted by Gasteiger charge is 2.15. The van der Waals surface area contributed by atoms with Crippen molar-refractivity contribution in [2.75, 3.05) is 6.61 Å². The van der Waals surface area contributed by atoms with Gasteiger partial charge in [0, 0.05) is 10.9 Å². The fourth-order valence-corrected chi connectivity index (χ4v) is 2.26. The molecule has 0 unspecified atom stereocenters. The number of halogens is 1. The SMILES string of the molecule is CCOC(=O)c1cc2c(OC(C)C)c(Br)ccc2[nH]1. The van der Waals surface area contributed by atoms with Crippen molar-refractivity contribution in [2.24, 2.45) is 0 Å². The second kappa shape index (κ2) is 5.65. The van der Waals surface area contributed by atoms with E-state index >= 15 is 0 Å². The number of aromatic amines is 1. The van der Waals surface area contributed by atoms with Crippen LogP contribution in [0, 0.1) is 0 Å². The van der Waals surface area contributed by atoms with Crippen molar-refractivity contribution >= 4 is 32.8 Å². The van der Waals surface area contributed by atoms with Gasteiger partial charge in [-0.1, -0.05) is 0 Å². The van der Waals surface area contributed by atoms with Gasteiger partial charge in [-0.05, 0) is 54.9 Å². The molecule has 0 amide bonds. The Balaban J connectivity index is 2.49. The maximum atomic E-state index is 11.7. The lowest BCUT2D eigenvalue weighted by atomic mass is 10.2. The van der Waals surface area contributed by atoms with Crippen LogP contribution in [0.2, 0.25) is 0 Å². The Kier molecular flexibility index (Phi) is 4.14. The Morgan fingerprint density at radius 3 is 2.79 bits per heavy atom. The summed E-state index contributed by atoms with van der Waals surface area (Å²) in [6.07, 6.45) is 0.0582. The van der Waals surface area contributed by atoms with E-state index in [0.717, 1.165) is 21.1 Å². The lowest BCUT2D eigenvalue weighted by Gasteiger charge is -2.12. The lowest BCUT2D eigenvalue weighted by Crippen LogP contribution is -2.06. The Morgan fingerprint density at radius 2 is 2.16 bits per heavy atom. The molecule has 0 atom stereocenters. The first kappa shape index (κ1) is 13.9. The average molecular weight is 326 g/mol. The van der Waals surface area contributed by atoms with Crippen molar-refractivity contribution in [1.82, 2.24) is 4.98 Å². The number of hydrogen-bond donors (Lipinski definition) is 1. The summed E-state index contributed by atoms with van der Waals surface area (Å²) in [5.74, 6) is 0.379. The fraction of sp³-hybridized carbons (Fsp3) is 0.357. The van der Waals surface area contributed by atoms with Gasteiger partial charge >= 0.3 is 5.97 Å². The largest absolute Gasteiger partial charge is 0.489 e. The summed E-state index contributed by atoms with van der Waals surface area (Å²) in [6, 6.07) is 5.55. The van der Waals surface area contributed by atoms with Crippen molar-refractivity contribution in [2.45, 2.75) is 26.9 Å². The maximum absolute atomic E-state index is 11.7. The predicted octanol–water partition coefficient (Wildman–Crippen LogP) is 3.89. The summed E-state index contributed by atoms with van der Waals surface area (Å²) in [6.45, 7) is 6.06. The van der Waals surface area contributed by atoms with Gasteiger partial charge in [-0.25, -0.2) is 4.79 Å². The standard InChI is InChI=1S/C14H16BrNO3/c1-4-18-14(17)12-7-9-11(16-12)6-5-10(15)13(9)19-8(2)3/h5-8,16H,4H2,1-3H3. The first-order valence-corrected chi connectivity index (χ1v) is 6.97. The molecule has 2 rings (SSSR count). The van der Waals surface area contributed by atoms with E-state index in [1.807, 2.05) is 26.0 Å². The van der Waals surface area contributed by atoms with Gasteiger partial charge in [0.25, 0.3) is 0 Å². The molecular formula is C14H16BrNO3. The summed E-state index contributed by atoms with van der Waals surface area (Å²) in [5.41, 5.74) is 1.28. The number of rotatable bonds is 4. The van der Waals surface area contributed by atoms with Gasteiger partial charge in [0.1, 0.15) is 11.4 Å². The van der Waals surface area contributed by atoms with Crippen LogP contribution in [0.25, 0.3) is 10.9 Å². The minimum absolute atomic E-state index is 0.0582. The molecule has 1 aromatic carbocycles. The van der Waals surface area contributed by atoms with Crippen molar-refractivity contribution in [3.63, 3.8) is 0 Å². The number of ether oxygens (including phenoxy) is 2. The zero-order valence-corrected chi connectivity index (χ0v) is 12.7.